The first-order valence-electron chi connectivity index (χ1n) is 6.49. The van der Waals surface area contributed by atoms with Gasteiger partial charge in [0.15, 0.2) is 0 Å². The van der Waals surface area contributed by atoms with Gasteiger partial charge in [0.1, 0.15) is 5.15 Å². The van der Waals surface area contributed by atoms with E-state index in [4.69, 9.17) is 11.6 Å². The Morgan fingerprint density at radius 2 is 2.28 bits per heavy atom. The summed E-state index contributed by atoms with van der Waals surface area (Å²) in [6.45, 7) is 8.03. The van der Waals surface area contributed by atoms with Gasteiger partial charge < -0.3 is 5.32 Å². The quantitative estimate of drug-likeness (QED) is 0.655. The molecule has 0 amide bonds. The van der Waals surface area contributed by atoms with E-state index < -0.39 is 0 Å². The molecule has 3 nitrogen and oxygen atoms in total. The van der Waals surface area contributed by atoms with Crippen molar-refractivity contribution in [3.8, 4) is 0 Å². The molecular formula is C14H20ClN3. The van der Waals surface area contributed by atoms with Gasteiger partial charge in [-0.2, -0.15) is 0 Å². The van der Waals surface area contributed by atoms with E-state index in [-0.39, 0.29) is 0 Å². The van der Waals surface area contributed by atoms with Crippen molar-refractivity contribution in [1.29, 1.82) is 0 Å². The maximum Gasteiger partial charge on any atom is 0.133 e. The summed E-state index contributed by atoms with van der Waals surface area (Å²) >= 11 is 6.24. The van der Waals surface area contributed by atoms with Crippen LogP contribution in [0.3, 0.4) is 0 Å². The van der Waals surface area contributed by atoms with E-state index in [0.29, 0.717) is 11.2 Å². The topological polar surface area (TPSA) is 28.2 Å². The van der Waals surface area contributed by atoms with Crippen LogP contribution in [0.1, 0.15) is 24.4 Å². The molecule has 98 valence electrons. The molecule has 1 aliphatic rings. The van der Waals surface area contributed by atoms with E-state index in [0.717, 1.165) is 44.6 Å². The molecule has 1 atom stereocenters. The molecule has 0 spiro atoms. The molecule has 1 fully saturated rings. The summed E-state index contributed by atoms with van der Waals surface area (Å²) in [7, 11) is 0. The third kappa shape index (κ3) is 3.31. The van der Waals surface area contributed by atoms with Crippen LogP contribution in [-0.2, 0) is 0 Å². The largest absolute Gasteiger partial charge is 0.314 e. The highest BCUT2D eigenvalue weighted by atomic mass is 35.5. The maximum atomic E-state index is 6.24. The summed E-state index contributed by atoms with van der Waals surface area (Å²) in [5, 5.41) is 4.01. The minimum Gasteiger partial charge on any atom is -0.314 e. The molecule has 0 saturated carbocycles. The molecule has 1 aromatic rings. The molecule has 0 bridgehead atoms. The number of halogens is 1. The van der Waals surface area contributed by atoms with Crippen molar-refractivity contribution in [1.82, 2.24) is 15.2 Å². The van der Waals surface area contributed by atoms with Gasteiger partial charge in [-0.25, -0.2) is 4.98 Å². The van der Waals surface area contributed by atoms with Gasteiger partial charge in [-0.3, -0.25) is 4.90 Å². The van der Waals surface area contributed by atoms with Gasteiger partial charge in [-0.05, 0) is 18.9 Å². The highest BCUT2D eigenvalue weighted by Crippen LogP contribution is 2.30. The van der Waals surface area contributed by atoms with Crippen LogP contribution in [-0.4, -0.2) is 36.1 Å². The van der Waals surface area contributed by atoms with E-state index in [1.807, 2.05) is 12.1 Å². The van der Waals surface area contributed by atoms with Crippen LogP contribution in [0.4, 0.5) is 0 Å². The van der Waals surface area contributed by atoms with Crippen molar-refractivity contribution < 1.29 is 0 Å². The molecule has 1 aliphatic heterocycles. The molecule has 0 radical (unpaired) electrons. The Balaban J connectivity index is 2.18. The lowest BCUT2D eigenvalue weighted by Crippen LogP contribution is -2.45. The second-order valence-corrected chi connectivity index (χ2v) is 4.91. The number of rotatable bonds is 5. The zero-order valence-electron chi connectivity index (χ0n) is 10.6. The molecule has 2 heterocycles. The summed E-state index contributed by atoms with van der Waals surface area (Å²) in [6, 6.07) is 4.40. The Bertz CT molecular complexity index is 388. The number of piperazine rings is 1. The predicted molar refractivity (Wildman–Crippen MR) is 75.9 cm³/mol. The van der Waals surface area contributed by atoms with E-state index in [1.54, 1.807) is 6.20 Å². The van der Waals surface area contributed by atoms with Crippen LogP contribution < -0.4 is 5.32 Å². The van der Waals surface area contributed by atoms with Gasteiger partial charge in [-0.1, -0.05) is 23.7 Å². The number of pyridine rings is 1. The average Bonchev–Trinajstić information content (AvgIpc) is 2.42. The molecule has 1 saturated heterocycles. The molecule has 2 rings (SSSR count). The normalized spacial score (nSPS) is 18.5. The number of hydrogen-bond donors (Lipinski definition) is 1. The Hall–Kier alpha value is -0.900. The fourth-order valence-electron chi connectivity index (χ4n) is 2.45. The van der Waals surface area contributed by atoms with Crippen molar-refractivity contribution in [2.75, 3.05) is 26.2 Å². The zero-order valence-corrected chi connectivity index (χ0v) is 11.4. The zero-order chi connectivity index (χ0) is 12.8. The molecule has 1 aromatic heterocycles. The van der Waals surface area contributed by atoms with Crippen molar-refractivity contribution >= 4 is 11.6 Å². The first-order valence-corrected chi connectivity index (χ1v) is 6.87. The summed E-state index contributed by atoms with van der Waals surface area (Å²) < 4.78 is 0. The molecule has 18 heavy (non-hydrogen) atoms. The van der Waals surface area contributed by atoms with Gasteiger partial charge in [0.2, 0.25) is 0 Å². The lowest BCUT2D eigenvalue weighted by molar-refractivity contribution is 0.166. The van der Waals surface area contributed by atoms with Crippen molar-refractivity contribution in [3.05, 3.63) is 41.7 Å². The summed E-state index contributed by atoms with van der Waals surface area (Å²) in [6.07, 6.45) is 5.77. The van der Waals surface area contributed by atoms with Crippen LogP contribution in [0.25, 0.3) is 0 Å². The van der Waals surface area contributed by atoms with E-state index in [9.17, 15) is 0 Å². The van der Waals surface area contributed by atoms with E-state index >= 15 is 0 Å². The molecular weight excluding hydrogens is 246 g/mol. The van der Waals surface area contributed by atoms with Crippen LogP contribution in [0.2, 0.25) is 5.15 Å². The smallest absolute Gasteiger partial charge is 0.133 e. The standard InChI is InChI=1S/C14H20ClN3/c1-2-3-6-13(18-10-8-16-9-11-18)12-5-4-7-17-14(12)15/h2,4-5,7,13,16H,1,3,6,8-11H2/t13-/m1/s1. The number of nitrogens with one attached hydrogen (secondary N) is 1. The second-order valence-electron chi connectivity index (χ2n) is 4.55. The Kier molecular flexibility index (Phi) is 5.17. The fraction of sp³-hybridized carbons (Fsp3) is 0.500. The summed E-state index contributed by atoms with van der Waals surface area (Å²) in [4.78, 5) is 6.69. The third-order valence-electron chi connectivity index (χ3n) is 3.38. The van der Waals surface area contributed by atoms with Gasteiger partial charge in [0.05, 0.1) is 0 Å². The van der Waals surface area contributed by atoms with Crippen LogP contribution in [0, 0.1) is 0 Å². The van der Waals surface area contributed by atoms with Crippen molar-refractivity contribution in [2.45, 2.75) is 18.9 Å². The monoisotopic (exact) mass is 265 g/mol. The molecule has 0 aromatic carbocycles. The Morgan fingerprint density at radius 1 is 1.50 bits per heavy atom. The minimum absolute atomic E-state index is 0.353. The van der Waals surface area contributed by atoms with Gasteiger partial charge >= 0.3 is 0 Å². The van der Waals surface area contributed by atoms with Crippen LogP contribution in [0.15, 0.2) is 31.0 Å². The lowest BCUT2D eigenvalue weighted by Gasteiger charge is -2.35. The number of allylic oxidation sites excluding steroid dienone is 1. The van der Waals surface area contributed by atoms with Gasteiger partial charge in [-0.15, -0.1) is 6.58 Å². The minimum atomic E-state index is 0.353. The first kappa shape index (κ1) is 13.5. The highest BCUT2D eigenvalue weighted by molar-refractivity contribution is 6.30. The van der Waals surface area contributed by atoms with Crippen molar-refractivity contribution in [2.24, 2.45) is 0 Å². The molecule has 4 heteroatoms. The number of hydrogen-bond acceptors (Lipinski definition) is 3. The second kappa shape index (κ2) is 6.88. The van der Waals surface area contributed by atoms with Crippen molar-refractivity contribution in [3.63, 3.8) is 0 Å². The molecule has 0 unspecified atom stereocenters. The summed E-state index contributed by atoms with van der Waals surface area (Å²) in [5.41, 5.74) is 1.14. The third-order valence-corrected chi connectivity index (χ3v) is 3.70. The number of aromatic nitrogens is 1. The van der Waals surface area contributed by atoms with Crippen LogP contribution in [0.5, 0.6) is 0 Å². The van der Waals surface area contributed by atoms with Gasteiger partial charge in [0.25, 0.3) is 0 Å². The predicted octanol–water partition coefficient (Wildman–Crippen LogP) is 2.65. The SMILES string of the molecule is C=CCC[C@H](c1cccnc1Cl)N1CCNCC1. The Morgan fingerprint density at radius 3 is 2.94 bits per heavy atom. The fourth-order valence-corrected chi connectivity index (χ4v) is 2.70. The van der Waals surface area contributed by atoms with Gasteiger partial charge in [0, 0.05) is 44.0 Å². The lowest BCUT2D eigenvalue weighted by atomic mass is 10.0. The van der Waals surface area contributed by atoms with Crippen LogP contribution >= 0.6 is 11.6 Å². The highest BCUT2D eigenvalue weighted by Gasteiger charge is 2.23. The average molecular weight is 266 g/mol. The first-order chi connectivity index (χ1) is 8.83. The molecule has 1 N–H and O–H groups in total. The Labute approximate surface area is 114 Å². The van der Waals surface area contributed by atoms with E-state index in [1.165, 1.54) is 0 Å². The summed E-state index contributed by atoms with van der Waals surface area (Å²) in [5.74, 6) is 0. The van der Waals surface area contributed by atoms with E-state index in [2.05, 4.69) is 27.8 Å². The number of nitrogens with zero attached hydrogens (tertiary/aromatic N) is 2. The molecule has 0 aliphatic carbocycles. The maximum absolute atomic E-state index is 6.24.